The van der Waals surface area contributed by atoms with Crippen molar-refractivity contribution < 1.29 is 9.59 Å². The van der Waals surface area contributed by atoms with Crippen molar-refractivity contribution in [2.45, 2.75) is 38.8 Å². The molecular weight excluding hydrogens is 496 g/mol. The van der Waals surface area contributed by atoms with Gasteiger partial charge in [-0.1, -0.05) is 53.6 Å². The molecule has 6 rings (SSSR count). The van der Waals surface area contributed by atoms with E-state index in [1.807, 2.05) is 104 Å². The fourth-order valence-corrected chi connectivity index (χ4v) is 5.57. The summed E-state index contributed by atoms with van der Waals surface area (Å²) in [5.74, 6) is -0.141. The minimum atomic E-state index is -0.380. The van der Waals surface area contributed by atoms with Gasteiger partial charge in [-0.25, -0.2) is 4.79 Å². The number of aromatic nitrogens is 1. The fraction of sp³-hybridized carbons (Fsp3) is 0.226. The highest BCUT2D eigenvalue weighted by Gasteiger charge is 2.40. The van der Waals surface area contributed by atoms with Gasteiger partial charge in [0.2, 0.25) is 5.91 Å². The number of urea groups is 1. The molecule has 1 saturated carbocycles. The number of carbonyl (C=O) groups excluding carboxylic acids is 2. The molecule has 1 fully saturated rings. The molecular formula is C31H29ClN4O2. The van der Waals surface area contributed by atoms with Gasteiger partial charge >= 0.3 is 6.03 Å². The summed E-state index contributed by atoms with van der Waals surface area (Å²) >= 11 is 6.40. The van der Waals surface area contributed by atoms with Crippen molar-refractivity contribution >= 4 is 34.9 Å². The molecule has 1 aliphatic carbocycles. The van der Waals surface area contributed by atoms with Gasteiger partial charge in [0, 0.05) is 22.9 Å². The molecule has 6 nitrogen and oxygen atoms in total. The fourth-order valence-electron chi connectivity index (χ4n) is 5.37. The Morgan fingerprint density at radius 2 is 1.74 bits per heavy atom. The highest BCUT2D eigenvalue weighted by atomic mass is 35.5. The first-order valence-corrected chi connectivity index (χ1v) is 13.3. The predicted octanol–water partition coefficient (Wildman–Crippen LogP) is 6.88. The van der Waals surface area contributed by atoms with Crippen LogP contribution in [0.1, 0.15) is 41.3 Å². The zero-order valence-corrected chi connectivity index (χ0v) is 22.2. The molecule has 1 aromatic heterocycles. The molecule has 0 spiro atoms. The molecule has 0 bridgehead atoms. The Morgan fingerprint density at radius 3 is 2.47 bits per heavy atom. The third-order valence-electron chi connectivity index (χ3n) is 7.33. The van der Waals surface area contributed by atoms with Crippen molar-refractivity contribution in [1.82, 2.24) is 9.47 Å². The highest BCUT2D eigenvalue weighted by Crippen LogP contribution is 2.43. The largest absolute Gasteiger partial charge is 0.322 e. The molecule has 1 unspecified atom stereocenters. The van der Waals surface area contributed by atoms with Crippen LogP contribution in [-0.2, 0) is 4.79 Å². The van der Waals surface area contributed by atoms with E-state index >= 15 is 0 Å². The molecule has 3 aromatic carbocycles. The van der Waals surface area contributed by atoms with Crippen molar-refractivity contribution in [2.75, 3.05) is 16.8 Å². The first-order valence-electron chi connectivity index (χ1n) is 12.9. The molecule has 1 atom stereocenters. The van der Waals surface area contributed by atoms with Crippen LogP contribution in [0, 0.1) is 13.8 Å². The van der Waals surface area contributed by atoms with Crippen molar-refractivity contribution in [3.8, 4) is 5.69 Å². The van der Waals surface area contributed by atoms with Gasteiger partial charge in [-0.05, 0) is 80.3 Å². The smallest absolute Gasteiger partial charge is 0.316 e. The summed E-state index contributed by atoms with van der Waals surface area (Å²) in [6, 6.07) is 24.9. The van der Waals surface area contributed by atoms with Crippen LogP contribution in [-0.4, -0.2) is 34.0 Å². The van der Waals surface area contributed by atoms with Gasteiger partial charge in [-0.15, -0.1) is 0 Å². The van der Waals surface area contributed by atoms with Crippen LogP contribution in [0.3, 0.4) is 0 Å². The van der Waals surface area contributed by atoms with E-state index in [9.17, 15) is 9.59 Å². The van der Waals surface area contributed by atoms with Gasteiger partial charge in [-0.2, -0.15) is 0 Å². The van der Waals surface area contributed by atoms with Gasteiger partial charge in [0.25, 0.3) is 0 Å². The Labute approximate surface area is 227 Å². The standard InChI is InChI=1S/C31H29ClN4O2/c1-20-12-15-25(21(2)17-20)33-31(38)35(24-13-14-24)19-29(37)36-27-10-4-3-9-26(27)34-16-6-11-28(34)30(36)22-7-5-8-23(32)18-22/h3-12,15-18,24,30H,13-14,19H2,1-2H3,(H,33,38). The Bertz CT molecular complexity index is 1540. The number of carbonyl (C=O) groups is 2. The third-order valence-corrected chi connectivity index (χ3v) is 7.57. The molecule has 0 saturated heterocycles. The summed E-state index contributed by atoms with van der Waals surface area (Å²) in [6.07, 6.45) is 3.80. The van der Waals surface area contributed by atoms with Crippen LogP contribution in [0.5, 0.6) is 0 Å². The predicted molar refractivity (Wildman–Crippen MR) is 151 cm³/mol. The summed E-state index contributed by atoms with van der Waals surface area (Å²) in [6.45, 7) is 3.98. The second-order valence-electron chi connectivity index (χ2n) is 10.1. The summed E-state index contributed by atoms with van der Waals surface area (Å²) < 4.78 is 2.12. The van der Waals surface area contributed by atoms with Crippen molar-refractivity contribution in [1.29, 1.82) is 0 Å². The molecule has 4 aromatic rings. The lowest BCUT2D eigenvalue weighted by atomic mass is 9.97. The minimum absolute atomic E-state index is 0.0203. The van der Waals surface area contributed by atoms with Crippen LogP contribution >= 0.6 is 11.6 Å². The normalized spacial score (nSPS) is 16.0. The molecule has 0 radical (unpaired) electrons. The number of anilines is 2. The quantitative estimate of drug-likeness (QED) is 0.309. The molecule has 7 heteroatoms. The van der Waals surface area contributed by atoms with Crippen molar-refractivity contribution in [3.05, 3.63) is 112 Å². The zero-order valence-electron chi connectivity index (χ0n) is 21.4. The average molecular weight is 525 g/mol. The van der Waals surface area contributed by atoms with Gasteiger partial charge in [-0.3, -0.25) is 9.69 Å². The number of para-hydroxylation sites is 2. The monoisotopic (exact) mass is 524 g/mol. The van der Waals surface area contributed by atoms with E-state index in [-0.39, 0.29) is 30.6 Å². The van der Waals surface area contributed by atoms with Crippen LogP contribution in [0.4, 0.5) is 16.2 Å². The molecule has 1 N–H and O–H groups in total. The number of rotatable bonds is 5. The number of halogens is 1. The van der Waals surface area contributed by atoms with Crippen LogP contribution in [0.15, 0.2) is 85.1 Å². The molecule has 2 aliphatic rings. The lowest BCUT2D eigenvalue weighted by molar-refractivity contribution is -0.119. The number of benzene rings is 3. The van der Waals surface area contributed by atoms with Crippen LogP contribution < -0.4 is 10.2 Å². The maximum atomic E-state index is 14.2. The SMILES string of the molecule is Cc1ccc(NC(=O)N(CC(=O)N2c3ccccc3-n3cccc3C2c2cccc(Cl)c2)C2CC2)c(C)c1. The van der Waals surface area contributed by atoms with Crippen molar-refractivity contribution in [3.63, 3.8) is 0 Å². The van der Waals surface area contributed by atoms with Crippen molar-refractivity contribution in [2.24, 2.45) is 0 Å². The number of nitrogens with zero attached hydrogens (tertiary/aromatic N) is 3. The molecule has 3 amide bonds. The van der Waals surface area contributed by atoms with Gasteiger partial charge in [0.1, 0.15) is 12.6 Å². The van der Waals surface area contributed by atoms with E-state index in [0.29, 0.717) is 5.02 Å². The maximum Gasteiger partial charge on any atom is 0.322 e. The Hall–Kier alpha value is -4.03. The maximum absolute atomic E-state index is 14.2. The number of aryl methyl sites for hydroxylation is 2. The van der Waals surface area contributed by atoms with Gasteiger partial charge < -0.3 is 14.8 Å². The summed E-state index contributed by atoms with van der Waals surface area (Å²) in [4.78, 5) is 31.2. The van der Waals surface area contributed by atoms with E-state index in [1.54, 1.807) is 4.90 Å². The van der Waals surface area contributed by atoms with E-state index in [4.69, 9.17) is 11.6 Å². The molecule has 38 heavy (non-hydrogen) atoms. The van der Waals surface area contributed by atoms with Crippen LogP contribution in [0.2, 0.25) is 5.02 Å². The summed E-state index contributed by atoms with van der Waals surface area (Å²) in [5.41, 5.74) is 6.50. The molecule has 2 heterocycles. The van der Waals surface area contributed by atoms with Gasteiger partial charge in [0.05, 0.1) is 17.1 Å². The second-order valence-corrected chi connectivity index (χ2v) is 10.6. The van der Waals surface area contributed by atoms with E-state index in [1.165, 1.54) is 0 Å². The number of amides is 3. The Balaban J connectivity index is 1.36. The zero-order chi connectivity index (χ0) is 26.4. The topological polar surface area (TPSA) is 57.6 Å². The molecule has 1 aliphatic heterocycles. The average Bonchev–Trinajstić information content (AvgIpc) is 3.63. The van der Waals surface area contributed by atoms with Gasteiger partial charge in [0.15, 0.2) is 0 Å². The lowest BCUT2D eigenvalue weighted by Crippen LogP contribution is -2.48. The lowest BCUT2D eigenvalue weighted by Gasteiger charge is -2.39. The van der Waals surface area contributed by atoms with E-state index < -0.39 is 0 Å². The molecule has 192 valence electrons. The first kappa shape index (κ1) is 24.3. The number of hydrogen-bond donors (Lipinski definition) is 1. The Kier molecular flexibility index (Phi) is 6.20. The first-order chi connectivity index (χ1) is 18.4. The summed E-state index contributed by atoms with van der Waals surface area (Å²) in [5, 5.41) is 3.65. The number of fused-ring (bicyclic) bond motifs is 3. The Morgan fingerprint density at radius 1 is 0.947 bits per heavy atom. The third kappa shape index (κ3) is 4.45. The number of hydrogen-bond acceptors (Lipinski definition) is 2. The summed E-state index contributed by atoms with van der Waals surface area (Å²) in [7, 11) is 0. The van der Waals surface area contributed by atoms with E-state index in [2.05, 4.69) is 9.88 Å². The van der Waals surface area contributed by atoms with Crippen LogP contribution in [0.25, 0.3) is 5.69 Å². The highest BCUT2D eigenvalue weighted by molar-refractivity contribution is 6.30. The minimum Gasteiger partial charge on any atom is -0.316 e. The van der Waals surface area contributed by atoms with E-state index in [0.717, 1.165) is 52.3 Å². The second kappa shape index (κ2) is 9.69. The number of nitrogens with one attached hydrogen (secondary N) is 1.